The maximum Gasteiger partial charge on any atom is 0.203 e. The van der Waals surface area contributed by atoms with E-state index in [9.17, 15) is 0 Å². The summed E-state index contributed by atoms with van der Waals surface area (Å²) in [6, 6.07) is 0. The summed E-state index contributed by atoms with van der Waals surface area (Å²) < 4.78 is 5.39. The number of nitrogen functional groups attached to an aromatic ring is 1. The molecule has 2 rings (SSSR count). The van der Waals surface area contributed by atoms with E-state index in [0.717, 1.165) is 15.7 Å². The Balaban J connectivity index is 1.98. The van der Waals surface area contributed by atoms with Crippen molar-refractivity contribution in [3.63, 3.8) is 0 Å². The van der Waals surface area contributed by atoms with Gasteiger partial charge in [-0.15, -0.1) is 10.2 Å². The summed E-state index contributed by atoms with van der Waals surface area (Å²) in [5, 5.41) is 15.5. The van der Waals surface area contributed by atoms with Crippen LogP contribution in [-0.2, 0) is 5.75 Å². The second kappa shape index (κ2) is 3.93. The fourth-order valence-electron chi connectivity index (χ4n) is 0.789. The molecule has 2 aromatic rings. The first-order valence-corrected chi connectivity index (χ1v) is 5.55. The first-order chi connectivity index (χ1) is 6.75. The molecule has 0 saturated carbocycles. The number of hydrogen-bond donors (Lipinski definition) is 1. The Hall–Kier alpha value is -1.15. The number of anilines is 1. The lowest BCUT2D eigenvalue weighted by molar-refractivity contribution is 0.302. The van der Waals surface area contributed by atoms with Crippen molar-refractivity contribution in [3.05, 3.63) is 11.4 Å². The normalized spacial score (nSPS) is 10.6. The summed E-state index contributed by atoms with van der Waals surface area (Å²) in [6.45, 7) is 1.85. The molecule has 2 N–H and O–H groups in total. The van der Waals surface area contributed by atoms with Crippen LogP contribution < -0.4 is 5.73 Å². The minimum Gasteiger partial charge on any atom is -0.374 e. The van der Waals surface area contributed by atoms with Crippen molar-refractivity contribution < 1.29 is 4.63 Å². The molecule has 0 aliphatic heterocycles. The molecule has 0 aliphatic carbocycles. The molecule has 0 aromatic carbocycles. The highest BCUT2D eigenvalue weighted by Crippen LogP contribution is 2.26. The maximum absolute atomic E-state index is 5.44. The van der Waals surface area contributed by atoms with Gasteiger partial charge in [0.2, 0.25) is 5.13 Å². The molecule has 2 aromatic heterocycles. The zero-order valence-corrected chi connectivity index (χ0v) is 8.93. The van der Waals surface area contributed by atoms with Crippen LogP contribution in [0.3, 0.4) is 0 Å². The SMILES string of the molecule is Cc1nonc1CSc1nnc(N)s1. The van der Waals surface area contributed by atoms with Gasteiger partial charge < -0.3 is 5.73 Å². The van der Waals surface area contributed by atoms with Crippen LogP contribution in [0.1, 0.15) is 11.4 Å². The molecule has 6 nitrogen and oxygen atoms in total. The Morgan fingerprint density at radius 2 is 2.29 bits per heavy atom. The molecule has 14 heavy (non-hydrogen) atoms. The number of aryl methyl sites for hydroxylation is 1. The molecule has 8 heteroatoms. The molecule has 0 radical (unpaired) electrons. The lowest BCUT2D eigenvalue weighted by Gasteiger charge is -1.90. The lowest BCUT2D eigenvalue weighted by atomic mass is 10.4. The van der Waals surface area contributed by atoms with Crippen molar-refractivity contribution in [2.75, 3.05) is 5.73 Å². The molecule has 74 valence electrons. The first kappa shape index (κ1) is 9.41. The highest BCUT2D eigenvalue weighted by molar-refractivity contribution is 8.00. The maximum atomic E-state index is 5.44. The molecule has 0 saturated heterocycles. The van der Waals surface area contributed by atoms with E-state index in [0.29, 0.717) is 10.9 Å². The average molecular weight is 229 g/mol. The third kappa shape index (κ3) is 2.02. The lowest BCUT2D eigenvalue weighted by Crippen LogP contribution is -1.84. The van der Waals surface area contributed by atoms with E-state index < -0.39 is 0 Å². The molecule has 0 bridgehead atoms. The Morgan fingerprint density at radius 1 is 1.43 bits per heavy atom. The Labute approximate surface area is 87.9 Å². The average Bonchev–Trinajstić information content (AvgIpc) is 2.72. The number of hydrogen-bond acceptors (Lipinski definition) is 8. The summed E-state index contributed by atoms with van der Waals surface area (Å²) >= 11 is 2.87. The van der Waals surface area contributed by atoms with Crippen LogP contribution in [0, 0.1) is 6.92 Å². The number of rotatable bonds is 3. The van der Waals surface area contributed by atoms with E-state index in [1.165, 1.54) is 23.1 Å². The highest BCUT2D eigenvalue weighted by atomic mass is 32.2. The van der Waals surface area contributed by atoms with E-state index in [-0.39, 0.29) is 0 Å². The van der Waals surface area contributed by atoms with Gasteiger partial charge in [0.25, 0.3) is 0 Å². The van der Waals surface area contributed by atoms with E-state index >= 15 is 0 Å². The first-order valence-electron chi connectivity index (χ1n) is 3.75. The fourth-order valence-corrected chi connectivity index (χ4v) is 2.42. The van der Waals surface area contributed by atoms with Crippen molar-refractivity contribution in [3.8, 4) is 0 Å². The van der Waals surface area contributed by atoms with Gasteiger partial charge in [-0.2, -0.15) is 0 Å². The highest BCUT2D eigenvalue weighted by Gasteiger charge is 2.08. The molecule has 0 fully saturated rings. The Bertz CT molecular complexity index is 425. The van der Waals surface area contributed by atoms with Crippen LogP contribution in [0.15, 0.2) is 8.97 Å². The van der Waals surface area contributed by atoms with Gasteiger partial charge in [0, 0.05) is 5.75 Å². The van der Waals surface area contributed by atoms with E-state index in [1.807, 2.05) is 6.92 Å². The second-order valence-corrected chi connectivity index (χ2v) is 4.72. The fraction of sp³-hybridized carbons (Fsp3) is 0.333. The molecule has 0 atom stereocenters. The zero-order chi connectivity index (χ0) is 9.97. The van der Waals surface area contributed by atoms with Gasteiger partial charge in [-0.1, -0.05) is 33.4 Å². The Kier molecular flexibility index (Phi) is 2.64. The zero-order valence-electron chi connectivity index (χ0n) is 7.30. The molecular formula is C6H7N5OS2. The van der Waals surface area contributed by atoms with Gasteiger partial charge >= 0.3 is 0 Å². The van der Waals surface area contributed by atoms with Crippen molar-refractivity contribution in [2.45, 2.75) is 17.0 Å². The Morgan fingerprint density at radius 3 is 2.86 bits per heavy atom. The predicted octanol–water partition coefficient (Wildman–Crippen LogP) is 1.10. The summed E-state index contributed by atoms with van der Waals surface area (Å²) in [5.41, 5.74) is 7.07. The topological polar surface area (TPSA) is 90.7 Å². The number of nitrogens with two attached hydrogens (primary N) is 1. The van der Waals surface area contributed by atoms with Gasteiger partial charge in [0.1, 0.15) is 11.4 Å². The third-order valence-electron chi connectivity index (χ3n) is 1.50. The van der Waals surface area contributed by atoms with E-state index in [4.69, 9.17) is 5.73 Å². The molecule has 0 amide bonds. The number of aromatic nitrogens is 4. The van der Waals surface area contributed by atoms with Crippen LogP contribution in [0.4, 0.5) is 5.13 Å². The van der Waals surface area contributed by atoms with Crippen LogP contribution in [0.25, 0.3) is 0 Å². The summed E-state index contributed by atoms with van der Waals surface area (Å²) in [5.74, 6) is 0.671. The molecular weight excluding hydrogens is 222 g/mol. The summed E-state index contributed by atoms with van der Waals surface area (Å²) in [7, 11) is 0. The summed E-state index contributed by atoms with van der Waals surface area (Å²) in [6.07, 6.45) is 0. The molecule has 2 heterocycles. The van der Waals surface area contributed by atoms with Crippen LogP contribution in [0.2, 0.25) is 0 Å². The van der Waals surface area contributed by atoms with E-state index in [2.05, 4.69) is 25.1 Å². The number of nitrogens with zero attached hydrogens (tertiary/aromatic N) is 4. The van der Waals surface area contributed by atoms with Crippen molar-refractivity contribution in [1.82, 2.24) is 20.5 Å². The van der Waals surface area contributed by atoms with Gasteiger partial charge in [-0.3, -0.25) is 0 Å². The van der Waals surface area contributed by atoms with Crippen molar-refractivity contribution in [1.29, 1.82) is 0 Å². The third-order valence-corrected chi connectivity index (χ3v) is 3.40. The van der Waals surface area contributed by atoms with Crippen molar-refractivity contribution >= 4 is 28.2 Å². The summed E-state index contributed by atoms with van der Waals surface area (Å²) in [4.78, 5) is 0. The van der Waals surface area contributed by atoms with Crippen LogP contribution >= 0.6 is 23.1 Å². The predicted molar refractivity (Wildman–Crippen MR) is 52.9 cm³/mol. The van der Waals surface area contributed by atoms with Gasteiger partial charge in [0.15, 0.2) is 4.34 Å². The van der Waals surface area contributed by atoms with Crippen LogP contribution in [0.5, 0.6) is 0 Å². The van der Waals surface area contributed by atoms with Gasteiger partial charge in [-0.05, 0) is 6.92 Å². The smallest absolute Gasteiger partial charge is 0.203 e. The van der Waals surface area contributed by atoms with Crippen molar-refractivity contribution in [2.24, 2.45) is 0 Å². The monoisotopic (exact) mass is 229 g/mol. The minimum absolute atomic E-state index is 0.475. The largest absolute Gasteiger partial charge is 0.374 e. The standard InChI is InChI=1S/C6H7N5OS2/c1-3-4(11-12-10-3)2-13-6-9-8-5(7)14-6/h2H2,1H3,(H2,7,8). The molecule has 0 aliphatic rings. The second-order valence-electron chi connectivity index (χ2n) is 2.49. The quantitative estimate of drug-likeness (QED) is 0.788. The molecule has 0 spiro atoms. The van der Waals surface area contributed by atoms with Gasteiger partial charge in [0.05, 0.1) is 0 Å². The van der Waals surface area contributed by atoms with Crippen LogP contribution in [-0.4, -0.2) is 20.5 Å². The van der Waals surface area contributed by atoms with E-state index in [1.54, 1.807) is 0 Å². The molecule has 0 unspecified atom stereocenters. The number of thioether (sulfide) groups is 1. The van der Waals surface area contributed by atoms with Gasteiger partial charge in [-0.25, -0.2) is 4.63 Å². The minimum atomic E-state index is 0.475.